The average molecular weight is 351 g/mol. The fourth-order valence-electron chi connectivity index (χ4n) is 1.61. The first kappa shape index (κ1) is 15.2. The molecular weight excluding hydrogens is 339 g/mol. The van der Waals surface area contributed by atoms with Crippen LogP contribution in [0.25, 0.3) is 0 Å². The highest BCUT2D eigenvalue weighted by atomic mass is 79.9. The number of benzene rings is 2. The van der Waals surface area contributed by atoms with Gasteiger partial charge in [0, 0.05) is 11.1 Å². The molecule has 0 saturated heterocycles. The van der Waals surface area contributed by atoms with Crippen molar-refractivity contribution in [1.29, 1.82) is 0 Å². The Morgan fingerprint density at radius 3 is 2.76 bits per heavy atom. The van der Waals surface area contributed by atoms with Crippen LogP contribution >= 0.6 is 15.9 Å². The van der Waals surface area contributed by atoms with Crippen molar-refractivity contribution >= 4 is 28.1 Å². The molecule has 0 aliphatic rings. The summed E-state index contributed by atoms with van der Waals surface area (Å²) in [4.78, 5) is 11.9. The lowest BCUT2D eigenvalue weighted by Gasteiger charge is -2.05. The Kier molecular flexibility index (Phi) is 5.05. The lowest BCUT2D eigenvalue weighted by Crippen LogP contribution is -2.17. The van der Waals surface area contributed by atoms with Crippen LogP contribution in [0.15, 0.2) is 52.0 Å². The van der Waals surface area contributed by atoms with Crippen LogP contribution in [0.3, 0.4) is 0 Å². The number of nitrogens with zero attached hydrogens (tertiary/aromatic N) is 1. The predicted octanol–water partition coefficient (Wildman–Crippen LogP) is 3.36. The maximum Gasteiger partial charge on any atom is 0.271 e. The summed E-state index contributed by atoms with van der Waals surface area (Å²) < 4.78 is 19.1. The largest absolute Gasteiger partial charge is 0.496 e. The van der Waals surface area contributed by atoms with Gasteiger partial charge in [-0.15, -0.1) is 0 Å². The van der Waals surface area contributed by atoms with Crippen molar-refractivity contribution in [2.75, 3.05) is 7.11 Å². The molecule has 0 unspecified atom stereocenters. The van der Waals surface area contributed by atoms with E-state index >= 15 is 0 Å². The van der Waals surface area contributed by atoms with Crippen molar-refractivity contribution in [3.05, 3.63) is 63.9 Å². The molecule has 0 heterocycles. The van der Waals surface area contributed by atoms with Crippen molar-refractivity contribution in [2.45, 2.75) is 0 Å². The molecule has 6 heteroatoms. The molecule has 108 valence electrons. The number of hydrazone groups is 1. The molecule has 2 aromatic carbocycles. The van der Waals surface area contributed by atoms with Gasteiger partial charge in [0.2, 0.25) is 0 Å². The fraction of sp³-hybridized carbons (Fsp3) is 0.0667. The van der Waals surface area contributed by atoms with Crippen LogP contribution in [-0.4, -0.2) is 19.2 Å². The third kappa shape index (κ3) is 3.88. The normalized spacial score (nSPS) is 10.6. The zero-order valence-corrected chi connectivity index (χ0v) is 12.7. The molecule has 0 fully saturated rings. The Hall–Kier alpha value is -2.21. The lowest BCUT2D eigenvalue weighted by atomic mass is 10.2. The molecule has 0 spiro atoms. The summed E-state index contributed by atoms with van der Waals surface area (Å²) >= 11 is 3.30. The second kappa shape index (κ2) is 6.99. The molecule has 0 saturated carbocycles. The minimum atomic E-state index is -0.400. The highest BCUT2D eigenvalue weighted by Gasteiger charge is 2.08. The standard InChI is InChI=1S/C15H12BrFN2O2/c1-21-14-7-6-10(8-12(14)16)15(20)19-18-9-11-4-2-3-5-13(11)17/h2-9H,1H3,(H,19,20)/b18-9+. The van der Waals surface area contributed by atoms with Gasteiger partial charge in [-0.2, -0.15) is 5.10 Å². The minimum Gasteiger partial charge on any atom is -0.496 e. The van der Waals surface area contributed by atoms with Gasteiger partial charge in [-0.25, -0.2) is 9.82 Å². The number of hydrogen-bond acceptors (Lipinski definition) is 3. The van der Waals surface area contributed by atoms with Gasteiger partial charge >= 0.3 is 0 Å². The maximum atomic E-state index is 13.3. The van der Waals surface area contributed by atoms with Gasteiger partial charge in [0.1, 0.15) is 11.6 Å². The zero-order chi connectivity index (χ0) is 15.2. The molecule has 4 nitrogen and oxygen atoms in total. The van der Waals surface area contributed by atoms with Gasteiger partial charge in [0.05, 0.1) is 17.8 Å². The lowest BCUT2D eigenvalue weighted by molar-refractivity contribution is 0.0955. The highest BCUT2D eigenvalue weighted by molar-refractivity contribution is 9.10. The average Bonchev–Trinajstić information content (AvgIpc) is 2.49. The van der Waals surface area contributed by atoms with Crippen LogP contribution in [0.1, 0.15) is 15.9 Å². The molecule has 0 aliphatic carbocycles. The van der Waals surface area contributed by atoms with E-state index in [4.69, 9.17) is 4.74 Å². The second-order valence-electron chi connectivity index (χ2n) is 4.07. The third-order valence-electron chi connectivity index (χ3n) is 2.69. The van der Waals surface area contributed by atoms with Crippen LogP contribution in [0.5, 0.6) is 5.75 Å². The number of nitrogens with one attached hydrogen (secondary N) is 1. The Bertz CT molecular complexity index is 689. The van der Waals surface area contributed by atoms with E-state index in [-0.39, 0.29) is 0 Å². The summed E-state index contributed by atoms with van der Waals surface area (Å²) in [6, 6.07) is 11.1. The Morgan fingerprint density at radius 1 is 1.33 bits per heavy atom. The molecule has 21 heavy (non-hydrogen) atoms. The zero-order valence-electron chi connectivity index (χ0n) is 11.1. The molecule has 0 radical (unpaired) electrons. The van der Waals surface area contributed by atoms with Crippen LogP contribution < -0.4 is 10.2 Å². The van der Waals surface area contributed by atoms with Crippen LogP contribution in [-0.2, 0) is 0 Å². The number of hydrogen-bond donors (Lipinski definition) is 1. The van der Waals surface area contributed by atoms with Crippen molar-refractivity contribution in [1.82, 2.24) is 5.43 Å². The van der Waals surface area contributed by atoms with Gasteiger partial charge in [-0.3, -0.25) is 4.79 Å². The first-order valence-electron chi connectivity index (χ1n) is 6.03. The molecule has 1 N–H and O–H groups in total. The fourth-order valence-corrected chi connectivity index (χ4v) is 2.15. The van der Waals surface area contributed by atoms with Gasteiger partial charge in [0.25, 0.3) is 5.91 Å². The number of methoxy groups -OCH3 is 1. The minimum absolute atomic E-state index is 0.300. The first-order chi connectivity index (χ1) is 10.1. The molecule has 1 amide bonds. The topological polar surface area (TPSA) is 50.7 Å². The van der Waals surface area contributed by atoms with Gasteiger partial charge in [-0.1, -0.05) is 18.2 Å². The number of carbonyl (C=O) groups excluding carboxylic acids is 1. The molecule has 2 aromatic rings. The van der Waals surface area contributed by atoms with Crippen molar-refractivity contribution in [2.24, 2.45) is 5.10 Å². The van der Waals surface area contributed by atoms with E-state index in [1.807, 2.05) is 0 Å². The monoisotopic (exact) mass is 350 g/mol. The first-order valence-corrected chi connectivity index (χ1v) is 6.82. The summed E-state index contributed by atoms with van der Waals surface area (Å²) in [5.41, 5.74) is 3.05. The van der Waals surface area contributed by atoms with Crippen LogP contribution in [0.2, 0.25) is 0 Å². The quantitative estimate of drug-likeness (QED) is 0.678. The summed E-state index contributed by atoms with van der Waals surface area (Å²) in [6.07, 6.45) is 1.26. The molecule has 0 atom stereocenters. The molecule has 0 aliphatic heterocycles. The van der Waals surface area contributed by atoms with E-state index in [2.05, 4.69) is 26.5 Å². The third-order valence-corrected chi connectivity index (χ3v) is 3.31. The molecule has 0 bridgehead atoms. The van der Waals surface area contributed by atoms with E-state index in [9.17, 15) is 9.18 Å². The van der Waals surface area contributed by atoms with Crippen LogP contribution in [0.4, 0.5) is 4.39 Å². The van der Waals surface area contributed by atoms with Gasteiger partial charge in [0.15, 0.2) is 0 Å². The van der Waals surface area contributed by atoms with Crippen molar-refractivity contribution in [3.63, 3.8) is 0 Å². The second-order valence-corrected chi connectivity index (χ2v) is 4.92. The van der Waals surface area contributed by atoms with Crippen molar-refractivity contribution in [3.8, 4) is 5.75 Å². The van der Waals surface area contributed by atoms with E-state index < -0.39 is 11.7 Å². The number of halogens is 2. The molecule has 2 rings (SSSR count). The SMILES string of the molecule is COc1ccc(C(=O)N/N=C/c2ccccc2F)cc1Br. The Labute approximate surface area is 129 Å². The molecule has 0 aromatic heterocycles. The highest BCUT2D eigenvalue weighted by Crippen LogP contribution is 2.25. The molecular formula is C15H12BrFN2O2. The van der Waals surface area contributed by atoms with E-state index in [1.54, 1.807) is 43.5 Å². The summed E-state index contributed by atoms with van der Waals surface area (Å²) in [5, 5.41) is 3.74. The Morgan fingerprint density at radius 2 is 2.10 bits per heavy atom. The Balaban J connectivity index is 2.05. The van der Waals surface area contributed by atoms with E-state index in [1.165, 1.54) is 12.3 Å². The van der Waals surface area contributed by atoms with Gasteiger partial charge in [-0.05, 0) is 40.2 Å². The van der Waals surface area contributed by atoms with Crippen molar-refractivity contribution < 1.29 is 13.9 Å². The maximum absolute atomic E-state index is 13.3. The van der Waals surface area contributed by atoms with Crippen LogP contribution in [0, 0.1) is 5.82 Å². The summed E-state index contributed by atoms with van der Waals surface area (Å²) in [5.74, 6) is -0.171. The summed E-state index contributed by atoms with van der Waals surface area (Å²) in [7, 11) is 1.54. The summed E-state index contributed by atoms with van der Waals surface area (Å²) in [6.45, 7) is 0. The number of ether oxygens (including phenoxy) is 1. The van der Waals surface area contributed by atoms with Gasteiger partial charge < -0.3 is 4.74 Å². The van der Waals surface area contributed by atoms with E-state index in [0.717, 1.165) is 0 Å². The number of rotatable bonds is 4. The predicted molar refractivity (Wildman–Crippen MR) is 82.2 cm³/mol. The number of amides is 1. The smallest absolute Gasteiger partial charge is 0.271 e. The van der Waals surface area contributed by atoms with E-state index in [0.29, 0.717) is 21.3 Å². The number of carbonyl (C=O) groups is 1.